The molecule has 4 aromatic heterocycles. The van der Waals surface area contributed by atoms with Crippen molar-refractivity contribution in [3.63, 3.8) is 0 Å². The lowest BCUT2D eigenvalue weighted by molar-refractivity contribution is -0.137. The van der Waals surface area contributed by atoms with Gasteiger partial charge in [0.25, 0.3) is 0 Å². The van der Waals surface area contributed by atoms with Crippen molar-refractivity contribution < 1.29 is 33.6 Å². The maximum absolute atomic E-state index is 12.1. The molecular formula is C47H49N13O7. The van der Waals surface area contributed by atoms with Crippen LogP contribution in [0.1, 0.15) is 51.4 Å². The van der Waals surface area contributed by atoms with Crippen LogP contribution in [-0.2, 0) is 9.59 Å². The number of carboxylic acids is 1. The molecule has 0 saturated heterocycles. The van der Waals surface area contributed by atoms with E-state index in [0.29, 0.717) is 98.6 Å². The van der Waals surface area contributed by atoms with Crippen molar-refractivity contribution in [2.45, 2.75) is 51.4 Å². The van der Waals surface area contributed by atoms with Crippen LogP contribution in [0.4, 0.5) is 23.3 Å². The predicted molar refractivity (Wildman–Crippen MR) is 249 cm³/mol. The molecule has 20 nitrogen and oxygen atoms in total. The second-order valence-electron chi connectivity index (χ2n) is 15.2. The molecule has 5 N–H and O–H groups in total. The molecule has 0 atom stereocenters. The number of hydrogen-bond acceptors (Lipinski definition) is 17. The molecule has 0 unspecified atom stereocenters. The number of carbonyl (C=O) groups is 2. The summed E-state index contributed by atoms with van der Waals surface area (Å²) in [6.45, 7) is 2.52. The van der Waals surface area contributed by atoms with Gasteiger partial charge in [-0.1, -0.05) is 22.6 Å². The number of nitrogens with zero attached hydrogens (tertiary/aromatic N) is 10. The molecule has 6 heterocycles. The topological polar surface area (TPSA) is 254 Å². The van der Waals surface area contributed by atoms with E-state index in [2.05, 4.69) is 51.2 Å². The number of ether oxygens (including phenoxy) is 4. The standard InChI is InChI=1S/C24H24N6O3.C23H25N7O4/c31-19-6-1-2-13-33-21-8-3-5-17(15-21)26-24-25-16-22-23(27-24)30(29-28-22)18-9-11-20(12-10-18)32-14-4-7-19;24-11-3-13-34-19-5-1-4-16(14-19)26-23-25-15-20-22(27-23)30(29-28-20)17-7-9-18(10-8-17)33-12-2-6-21(31)32/h3,5,8-12,15-16H,1-2,4,6-7,13-14H2,(H,25,26,27);1,4-5,7-10,14-15H,2-3,6,11-13,24H2,(H,31,32)(H,25,26,27). The first-order valence-corrected chi connectivity index (χ1v) is 21.9. The number of ketones is 1. The van der Waals surface area contributed by atoms with E-state index in [1.165, 1.54) is 0 Å². The van der Waals surface area contributed by atoms with Crippen molar-refractivity contribution in [2.24, 2.45) is 5.73 Å². The number of fused-ring (bicyclic) bond motifs is 12. The van der Waals surface area contributed by atoms with Gasteiger partial charge >= 0.3 is 5.97 Å². The van der Waals surface area contributed by atoms with Crippen LogP contribution in [0.25, 0.3) is 33.7 Å². The summed E-state index contributed by atoms with van der Waals surface area (Å²) in [5.74, 6) is 3.12. The summed E-state index contributed by atoms with van der Waals surface area (Å²) >= 11 is 0. The lowest BCUT2D eigenvalue weighted by Gasteiger charge is -2.10. The van der Waals surface area contributed by atoms with Gasteiger partial charge < -0.3 is 40.4 Å². The van der Waals surface area contributed by atoms with Gasteiger partial charge in [0.2, 0.25) is 11.9 Å². The largest absolute Gasteiger partial charge is 0.494 e. The van der Waals surface area contributed by atoms with Crippen LogP contribution in [-0.4, -0.2) is 99.8 Å². The summed E-state index contributed by atoms with van der Waals surface area (Å²) in [5, 5.41) is 31.8. The molecule has 4 aromatic carbocycles. The minimum atomic E-state index is -0.837. The van der Waals surface area contributed by atoms with E-state index >= 15 is 0 Å². The van der Waals surface area contributed by atoms with Gasteiger partial charge in [0.15, 0.2) is 22.3 Å². The number of rotatable bonds is 12. The highest BCUT2D eigenvalue weighted by atomic mass is 16.5. The normalized spacial score (nSPS) is 13.0. The van der Waals surface area contributed by atoms with Crippen molar-refractivity contribution in [1.29, 1.82) is 0 Å². The van der Waals surface area contributed by atoms with Crippen LogP contribution in [0.2, 0.25) is 0 Å². The fourth-order valence-corrected chi connectivity index (χ4v) is 6.76. The predicted octanol–water partition coefficient (Wildman–Crippen LogP) is 7.17. The zero-order chi connectivity index (χ0) is 46.2. The van der Waals surface area contributed by atoms with Gasteiger partial charge in [0.1, 0.15) is 28.8 Å². The van der Waals surface area contributed by atoms with Crippen LogP contribution in [0, 0.1) is 0 Å². The van der Waals surface area contributed by atoms with Gasteiger partial charge in [-0.3, -0.25) is 9.59 Å². The first-order chi connectivity index (χ1) is 32.9. The fourth-order valence-electron chi connectivity index (χ4n) is 6.76. The molecule has 6 bridgehead atoms. The molecular weight excluding hydrogens is 859 g/mol. The smallest absolute Gasteiger partial charge is 0.303 e. The monoisotopic (exact) mass is 907 g/mol. The zero-order valence-corrected chi connectivity index (χ0v) is 36.5. The average Bonchev–Trinajstić information content (AvgIpc) is 3.97. The van der Waals surface area contributed by atoms with Crippen molar-refractivity contribution in [3.05, 3.63) is 109 Å². The van der Waals surface area contributed by atoms with Gasteiger partial charge in [-0.25, -0.2) is 9.97 Å². The highest BCUT2D eigenvalue weighted by Gasteiger charge is 2.14. The zero-order valence-electron chi connectivity index (χ0n) is 36.5. The van der Waals surface area contributed by atoms with Crippen LogP contribution < -0.4 is 35.3 Å². The summed E-state index contributed by atoms with van der Waals surface area (Å²) in [7, 11) is 0. The maximum Gasteiger partial charge on any atom is 0.303 e. The quantitative estimate of drug-likeness (QED) is 0.0886. The highest BCUT2D eigenvalue weighted by Crippen LogP contribution is 2.25. The average molecular weight is 908 g/mol. The third kappa shape index (κ3) is 12.7. The molecule has 344 valence electrons. The van der Waals surface area contributed by atoms with Crippen molar-refractivity contribution in [1.82, 2.24) is 49.9 Å². The Balaban J connectivity index is 0.000000182. The number of aromatic nitrogens is 10. The van der Waals surface area contributed by atoms with Crippen LogP contribution >= 0.6 is 0 Å². The highest BCUT2D eigenvalue weighted by molar-refractivity contribution is 5.78. The van der Waals surface area contributed by atoms with Crippen LogP contribution in [0.5, 0.6) is 23.0 Å². The van der Waals surface area contributed by atoms with Gasteiger partial charge in [0.05, 0.1) is 50.2 Å². The van der Waals surface area contributed by atoms with E-state index in [1.54, 1.807) is 33.9 Å². The van der Waals surface area contributed by atoms with Crippen LogP contribution in [0.15, 0.2) is 109 Å². The maximum atomic E-state index is 12.1. The van der Waals surface area contributed by atoms with Crippen LogP contribution in [0.3, 0.4) is 0 Å². The van der Waals surface area contributed by atoms with Crippen molar-refractivity contribution in [2.75, 3.05) is 43.6 Å². The van der Waals surface area contributed by atoms with Gasteiger partial charge in [-0.2, -0.15) is 19.3 Å². The Kier molecular flexibility index (Phi) is 15.3. The lowest BCUT2D eigenvalue weighted by atomic mass is 10.1. The van der Waals surface area contributed by atoms with Gasteiger partial charge in [0, 0.05) is 42.8 Å². The summed E-state index contributed by atoms with van der Waals surface area (Å²) in [6.07, 6.45) is 7.99. The number of hydrogen-bond donors (Lipinski definition) is 4. The van der Waals surface area contributed by atoms with E-state index in [1.807, 2.05) is 84.9 Å². The Labute approximate surface area is 384 Å². The first kappa shape index (κ1) is 45.3. The molecule has 2 aliphatic heterocycles. The number of aliphatic carboxylic acids is 1. The molecule has 0 saturated carbocycles. The number of Topliss-reactive ketones (excluding diaryl/α,β-unsaturated/α-hetero) is 1. The number of nitrogens with two attached hydrogens (primary N) is 1. The van der Waals surface area contributed by atoms with E-state index < -0.39 is 5.97 Å². The summed E-state index contributed by atoms with van der Waals surface area (Å²) in [6, 6.07) is 30.0. The third-order valence-corrected chi connectivity index (χ3v) is 10.1. The second kappa shape index (κ2) is 22.6. The number of nitrogens with one attached hydrogen (secondary N) is 2. The number of carboxylic acid groups (broad SMARTS) is 1. The number of benzene rings is 4. The Morgan fingerprint density at radius 2 is 1.40 bits per heavy atom. The first-order valence-electron chi connectivity index (χ1n) is 21.9. The minimum absolute atomic E-state index is 0.0741. The molecule has 8 aromatic rings. The van der Waals surface area contributed by atoms with E-state index in [-0.39, 0.29) is 12.2 Å². The lowest BCUT2D eigenvalue weighted by Crippen LogP contribution is -2.06. The SMILES string of the molecule is NCCCOc1cccc(Nc2ncc3nnn(-c4ccc(OCCCC(=O)O)cc4)c3n2)c1.O=C1CCCCOc2cccc(c2)Nc2ncc3nnn(c3n2)-c2ccc(cc2)OCCC1. The Morgan fingerprint density at radius 1 is 0.731 bits per heavy atom. The number of anilines is 4. The molecule has 20 heteroatoms. The summed E-state index contributed by atoms with van der Waals surface area (Å²) in [5.41, 5.74) is 10.9. The van der Waals surface area contributed by atoms with Crippen molar-refractivity contribution in [3.8, 4) is 34.4 Å². The molecule has 0 aliphatic carbocycles. The molecule has 2 aliphatic rings. The Morgan fingerprint density at radius 3 is 2.18 bits per heavy atom. The van der Waals surface area contributed by atoms with E-state index in [9.17, 15) is 9.59 Å². The van der Waals surface area contributed by atoms with Gasteiger partial charge in [-0.15, -0.1) is 10.2 Å². The Hall–Kier alpha value is -8.26. The fraction of sp³-hybridized carbons (Fsp3) is 0.277. The minimum Gasteiger partial charge on any atom is -0.494 e. The summed E-state index contributed by atoms with van der Waals surface area (Å²) in [4.78, 5) is 40.6. The van der Waals surface area contributed by atoms with Crippen molar-refractivity contribution >= 4 is 57.4 Å². The molecule has 0 fully saturated rings. The second-order valence-corrected chi connectivity index (χ2v) is 15.2. The van der Waals surface area contributed by atoms with Gasteiger partial charge in [-0.05, 0) is 111 Å². The Bertz CT molecular complexity index is 2890. The third-order valence-electron chi connectivity index (χ3n) is 10.1. The molecule has 0 radical (unpaired) electrons. The molecule has 10 rings (SSSR count). The van der Waals surface area contributed by atoms with E-state index in [4.69, 9.17) is 29.8 Å². The molecule has 0 amide bonds. The number of carbonyl (C=O) groups excluding carboxylic acids is 1. The molecule has 0 spiro atoms. The summed E-state index contributed by atoms with van der Waals surface area (Å²) < 4.78 is 26.2. The molecule has 67 heavy (non-hydrogen) atoms. The van der Waals surface area contributed by atoms with E-state index in [0.717, 1.165) is 59.3 Å².